The normalized spacial score (nSPS) is 20.7. The van der Waals surface area contributed by atoms with Gasteiger partial charge in [-0.2, -0.15) is 13.2 Å². The van der Waals surface area contributed by atoms with Crippen LogP contribution in [0.15, 0.2) is 36.4 Å². The first kappa shape index (κ1) is 35.1. The molecule has 0 aliphatic carbocycles. The molecule has 0 spiro atoms. The summed E-state index contributed by atoms with van der Waals surface area (Å²) in [5.74, 6) is -0.488. The molecular formula is C35H43ClF3N5O5. The summed E-state index contributed by atoms with van der Waals surface area (Å²) in [5.41, 5.74) is 0.540. The molecule has 0 unspecified atom stereocenters. The van der Waals surface area contributed by atoms with E-state index in [1.807, 2.05) is 24.3 Å². The van der Waals surface area contributed by atoms with Gasteiger partial charge in [0.05, 0.1) is 10.6 Å². The zero-order valence-electron chi connectivity index (χ0n) is 27.3. The standard InChI is InChI=1S/C35H43ClF3N5O5/c36-28-20-22(19-27(31(28)45)35(37,38)39)21-30(32(46)42-14-7-24(8-15-42)23-5-12-40-13-6-23)49-34(48)43-16-10-26(11-17-43)44-18-9-25-3-1-2-4-29(25)41-33(44)47/h1-4,19-20,23-24,26,30,40,45H,5-18,21H2,(H,41,47)/t30-/m1/s1. The third kappa shape index (κ3) is 8.20. The Morgan fingerprint density at radius 2 is 1.59 bits per heavy atom. The summed E-state index contributed by atoms with van der Waals surface area (Å²) in [6.45, 7) is 4.01. The van der Waals surface area contributed by atoms with Crippen LogP contribution >= 0.6 is 11.6 Å². The molecule has 0 aromatic heterocycles. The van der Waals surface area contributed by atoms with E-state index in [-0.39, 0.29) is 37.1 Å². The molecule has 0 bridgehead atoms. The van der Waals surface area contributed by atoms with Crippen molar-refractivity contribution in [1.29, 1.82) is 0 Å². The van der Waals surface area contributed by atoms with Crippen LogP contribution in [0.1, 0.15) is 55.2 Å². The molecule has 266 valence electrons. The molecule has 3 N–H and O–H groups in total. The molecule has 4 heterocycles. The molecule has 3 fully saturated rings. The summed E-state index contributed by atoms with van der Waals surface area (Å²) in [5, 5.41) is 15.8. The predicted molar refractivity (Wildman–Crippen MR) is 177 cm³/mol. The molecule has 10 nitrogen and oxygen atoms in total. The summed E-state index contributed by atoms with van der Waals surface area (Å²) in [6, 6.07) is 9.30. The lowest BCUT2D eigenvalue weighted by Crippen LogP contribution is -2.52. The Morgan fingerprint density at radius 3 is 2.29 bits per heavy atom. The van der Waals surface area contributed by atoms with E-state index in [9.17, 15) is 32.7 Å². The van der Waals surface area contributed by atoms with Gasteiger partial charge in [-0.25, -0.2) is 9.59 Å². The molecule has 2 aromatic rings. The first-order valence-electron chi connectivity index (χ1n) is 17.2. The van der Waals surface area contributed by atoms with Gasteiger partial charge in [-0.05, 0) is 99.2 Å². The van der Waals surface area contributed by atoms with Crippen LogP contribution in [0.25, 0.3) is 0 Å². The lowest BCUT2D eigenvalue weighted by atomic mass is 9.79. The maximum Gasteiger partial charge on any atom is 0.420 e. The predicted octanol–water partition coefficient (Wildman–Crippen LogP) is 5.90. The van der Waals surface area contributed by atoms with Crippen LogP contribution in [0.5, 0.6) is 5.75 Å². The molecule has 1 atom stereocenters. The molecule has 3 saturated heterocycles. The third-order valence-corrected chi connectivity index (χ3v) is 10.9. The van der Waals surface area contributed by atoms with Gasteiger partial charge >= 0.3 is 18.3 Å². The number of fused-ring (bicyclic) bond motifs is 1. The van der Waals surface area contributed by atoms with Crippen LogP contribution < -0.4 is 10.6 Å². The van der Waals surface area contributed by atoms with Crippen molar-refractivity contribution in [3.05, 3.63) is 58.1 Å². The van der Waals surface area contributed by atoms with E-state index < -0.39 is 40.6 Å². The van der Waals surface area contributed by atoms with Crippen molar-refractivity contribution in [3.63, 3.8) is 0 Å². The molecule has 4 aliphatic heterocycles. The number of likely N-dealkylation sites (tertiary alicyclic amines) is 2. The van der Waals surface area contributed by atoms with Crippen molar-refractivity contribution in [1.82, 2.24) is 20.0 Å². The van der Waals surface area contributed by atoms with Gasteiger partial charge in [-0.3, -0.25) is 4.79 Å². The number of piperidine rings is 3. The van der Waals surface area contributed by atoms with Crippen molar-refractivity contribution in [3.8, 4) is 5.75 Å². The maximum absolute atomic E-state index is 13.9. The van der Waals surface area contributed by atoms with Crippen LogP contribution in [0, 0.1) is 11.8 Å². The number of phenolic OH excluding ortho intramolecular Hbond substituents is 1. The van der Waals surface area contributed by atoms with Crippen molar-refractivity contribution in [2.24, 2.45) is 11.8 Å². The van der Waals surface area contributed by atoms with Crippen LogP contribution in [0.4, 0.5) is 28.4 Å². The van der Waals surface area contributed by atoms with Gasteiger partial charge in [-0.1, -0.05) is 29.8 Å². The van der Waals surface area contributed by atoms with Gasteiger partial charge < -0.3 is 35.2 Å². The molecule has 2 aromatic carbocycles. The van der Waals surface area contributed by atoms with E-state index in [4.69, 9.17) is 16.3 Å². The Morgan fingerprint density at radius 1 is 0.939 bits per heavy atom. The number of benzene rings is 2. The number of anilines is 1. The molecular weight excluding hydrogens is 663 g/mol. The fraction of sp³-hybridized carbons (Fsp3) is 0.571. The average molecular weight is 706 g/mol. The number of aromatic hydroxyl groups is 1. The van der Waals surface area contributed by atoms with Gasteiger partial charge in [0.2, 0.25) is 0 Å². The quantitative estimate of drug-likeness (QED) is 0.345. The highest BCUT2D eigenvalue weighted by Gasteiger charge is 2.39. The van der Waals surface area contributed by atoms with Crippen molar-refractivity contribution >= 4 is 35.3 Å². The fourth-order valence-electron chi connectivity index (χ4n) is 7.79. The van der Waals surface area contributed by atoms with Gasteiger partial charge in [0, 0.05) is 50.9 Å². The number of carbonyl (C=O) groups excluding carboxylic acids is 3. The van der Waals surface area contributed by atoms with E-state index in [2.05, 4.69) is 10.6 Å². The first-order chi connectivity index (χ1) is 23.5. The summed E-state index contributed by atoms with van der Waals surface area (Å²) < 4.78 is 46.9. The number of hydrogen-bond acceptors (Lipinski definition) is 6. The number of nitrogens with one attached hydrogen (secondary N) is 2. The molecule has 0 saturated carbocycles. The number of ether oxygens (including phenoxy) is 1. The van der Waals surface area contributed by atoms with Gasteiger partial charge in [0.1, 0.15) is 5.75 Å². The number of rotatable bonds is 6. The number of alkyl halides is 3. The molecule has 4 aliphatic rings. The van der Waals surface area contributed by atoms with Gasteiger partial charge in [0.15, 0.2) is 6.10 Å². The Kier molecular flexibility index (Phi) is 10.8. The van der Waals surface area contributed by atoms with Crippen LogP contribution in [0.3, 0.4) is 0 Å². The lowest BCUT2D eigenvalue weighted by Gasteiger charge is -2.39. The third-order valence-electron chi connectivity index (χ3n) is 10.6. The smallest absolute Gasteiger partial charge is 0.420 e. The van der Waals surface area contributed by atoms with E-state index >= 15 is 0 Å². The molecule has 14 heteroatoms. The molecule has 4 amide bonds. The second-order valence-corrected chi connectivity index (χ2v) is 14.0. The Hall–Kier alpha value is -3.71. The highest BCUT2D eigenvalue weighted by Crippen LogP contribution is 2.41. The maximum atomic E-state index is 13.9. The minimum absolute atomic E-state index is 0.0118. The van der Waals surface area contributed by atoms with Gasteiger partial charge in [-0.15, -0.1) is 0 Å². The number of halogens is 4. The lowest BCUT2D eigenvalue weighted by molar-refractivity contribution is -0.142. The van der Waals surface area contributed by atoms with E-state index in [1.54, 1.807) is 9.80 Å². The Balaban J connectivity index is 1.12. The molecule has 6 rings (SSSR count). The van der Waals surface area contributed by atoms with Crippen molar-refractivity contribution < 1.29 is 37.4 Å². The SMILES string of the molecule is O=C(O[C@H](Cc1cc(Cl)c(O)c(C(F)(F)F)c1)C(=O)N1CCC(C2CCNCC2)CC1)N1CCC(N2CCc3ccccc3NC2=O)CC1. The van der Waals surface area contributed by atoms with Crippen LogP contribution in [-0.4, -0.2) is 95.8 Å². The zero-order valence-corrected chi connectivity index (χ0v) is 28.1. The second kappa shape index (κ2) is 15.0. The van der Waals surface area contributed by atoms with E-state index in [1.165, 1.54) is 11.0 Å². The molecule has 49 heavy (non-hydrogen) atoms. The highest BCUT2D eigenvalue weighted by atomic mass is 35.5. The fourth-order valence-corrected chi connectivity index (χ4v) is 8.03. The molecule has 0 radical (unpaired) electrons. The Bertz CT molecular complexity index is 1520. The largest absolute Gasteiger partial charge is 0.506 e. The van der Waals surface area contributed by atoms with E-state index in [0.29, 0.717) is 50.7 Å². The summed E-state index contributed by atoms with van der Waals surface area (Å²) in [6.07, 6.45) is -1.84. The minimum atomic E-state index is -4.88. The topological polar surface area (TPSA) is 114 Å². The number of hydrogen-bond donors (Lipinski definition) is 3. The zero-order chi connectivity index (χ0) is 34.7. The summed E-state index contributed by atoms with van der Waals surface area (Å²) in [7, 11) is 0. The van der Waals surface area contributed by atoms with Gasteiger partial charge in [0.25, 0.3) is 5.91 Å². The monoisotopic (exact) mass is 705 g/mol. The summed E-state index contributed by atoms with van der Waals surface area (Å²) in [4.78, 5) is 45.4. The number of urea groups is 1. The minimum Gasteiger partial charge on any atom is -0.506 e. The second-order valence-electron chi connectivity index (χ2n) is 13.5. The summed E-state index contributed by atoms with van der Waals surface area (Å²) >= 11 is 5.98. The number of amides is 4. The highest BCUT2D eigenvalue weighted by molar-refractivity contribution is 6.32. The first-order valence-corrected chi connectivity index (χ1v) is 17.5. The average Bonchev–Trinajstić information content (AvgIpc) is 3.27. The van der Waals surface area contributed by atoms with Crippen LogP contribution in [-0.2, 0) is 28.5 Å². The van der Waals surface area contributed by atoms with Crippen molar-refractivity contribution in [2.45, 2.75) is 69.7 Å². The Labute approximate surface area is 288 Å². The number of nitrogens with zero attached hydrogens (tertiary/aromatic N) is 3. The number of phenols is 1. The number of para-hydroxylation sites is 1. The number of carbonyl (C=O) groups is 3. The van der Waals surface area contributed by atoms with Crippen molar-refractivity contribution in [2.75, 3.05) is 51.1 Å². The van der Waals surface area contributed by atoms with Crippen LogP contribution in [0.2, 0.25) is 5.02 Å². The van der Waals surface area contributed by atoms with E-state index in [0.717, 1.165) is 56.1 Å².